The van der Waals surface area contributed by atoms with Crippen molar-refractivity contribution in [2.75, 3.05) is 4.72 Å². The fourth-order valence-corrected chi connectivity index (χ4v) is 3.09. The zero-order valence-corrected chi connectivity index (χ0v) is 12.3. The number of sulfonamides is 1. The Bertz CT molecular complexity index is 943. The van der Waals surface area contributed by atoms with Gasteiger partial charge in [-0.1, -0.05) is 0 Å². The van der Waals surface area contributed by atoms with Gasteiger partial charge in [-0.3, -0.25) is 4.72 Å². The van der Waals surface area contributed by atoms with E-state index in [4.69, 9.17) is 0 Å². The molecule has 0 aliphatic rings. The predicted molar refractivity (Wildman–Crippen MR) is 78.5 cm³/mol. The van der Waals surface area contributed by atoms with Crippen molar-refractivity contribution in [2.45, 2.75) is 4.90 Å². The molecule has 0 fully saturated rings. The van der Waals surface area contributed by atoms with Crippen LogP contribution in [0.15, 0.2) is 59.9 Å². The molecule has 0 radical (unpaired) electrons. The highest BCUT2D eigenvalue weighted by atomic mass is 32.2. The first kappa shape index (κ1) is 15.1. The summed E-state index contributed by atoms with van der Waals surface area (Å²) in [6.07, 6.45) is 4.53. The Labute approximate surface area is 130 Å². The molecule has 9 heteroatoms. The van der Waals surface area contributed by atoms with Crippen LogP contribution >= 0.6 is 0 Å². The van der Waals surface area contributed by atoms with Crippen LogP contribution in [0.5, 0.6) is 0 Å². The van der Waals surface area contributed by atoms with Crippen molar-refractivity contribution in [2.24, 2.45) is 0 Å². The van der Waals surface area contributed by atoms with Gasteiger partial charge in [0.2, 0.25) is 0 Å². The smallest absolute Gasteiger partial charge is 0.265 e. The minimum Gasteiger partial charge on any atom is -0.276 e. The maximum atomic E-state index is 13.7. The Balaban J connectivity index is 2.04. The summed E-state index contributed by atoms with van der Waals surface area (Å²) in [4.78, 5) is 3.26. The zero-order valence-electron chi connectivity index (χ0n) is 11.5. The van der Waals surface area contributed by atoms with Gasteiger partial charge >= 0.3 is 0 Å². The number of aromatic nitrogens is 3. The van der Waals surface area contributed by atoms with Crippen LogP contribution in [0.25, 0.3) is 5.82 Å². The predicted octanol–water partition coefficient (Wildman–Crippen LogP) is 2.35. The van der Waals surface area contributed by atoms with Crippen molar-refractivity contribution in [3.05, 3.63) is 66.6 Å². The Morgan fingerprint density at radius 2 is 1.91 bits per heavy atom. The Hall–Kier alpha value is -2.81. The quantitative estimate of drug-likeness (QED) is 0.793. The van der Waals surface area contributed by atoms with Crippen molar-refractivity contribution in [3.63, 3.8) is 0 Å². The van der Waals surface area contributed by atoms with E-state index in [1.54, 1.807) is 12.3 Å². The Morgan fingerprint density at radius 1 is 1.09 bits per heavy atom. The van der Waals surface area contributed by atoms with Crippen LogP contribution in [0.2, 0.25) is 0 Å². The summed E-state index contributed by atoms with van der Waals surface area (Å²) < 4.78 is 55.1. The minimum absolute atomic E-state index is 0.0832. The fraction of sp³-hybridized carbons (Fsp3) is 0. The summed E-state index contributed by atoms with van der Waals surface area (Å²) in [6, 6.07) is 6.79. The number of benzene rings is 1. The first-order valence-electron chi connectivity index (χ1n) is 6.40. The molecule has 0 atom stereocenters. The molecule has 0 amide bonds. The van der Waals surface area contributed by atoms with Crippen molar-refractivity contribution in [1.29, 1.82) is 0 Å². The number of nitrogens with zero attached hydrogens (tertiary/aromatic N) is 3. The van der Waals surface area contributed by atoms with Crippen LogP contribution < -0.4 is 4.72 Å². The van der Waals surface area contributed by atoms with Gasteiger partial charge in [-0.2, -0.15) is 5.10 Å². The molecule has 6 nitrogen and oxygen atoms in total. The second kappa shape index (κ2) is 5.76. The highest BCUT2D eigenvalue weighted by Crippen LogP contribution is 2.23. The van der Waals surface area contributed by atoms with E-state index in [1.807, 2.05) is 0 Å². The van der Waals surface area contributed by atoms with E-state index in [0.717, 1.165) is 12.1 Å². The maximum absolute atomic E-state index is 13.7. The van der Waals surface area contributed by atoms with Gasteiger partial charge < -0.3 is 0 Å². The standard InChI is InChI=1S/C14H10F2N4O2S/c15-10-4-5-11(16)13(9-10)23(21,22)19-12-3-1-6-17-14(12)20-8-2-7-18-20/h1-9,19H. The number of hydrogen-bond donors (Lipinski definition) is 1. The van der Waals surface area contributed by atoms with Gasteiger partial charge in [-0.25, -0.2) is 26.9 Å². The zero-order chi connectivity index (χ0) is 16.4. The number of anilines is 1. The highest BCUT2D eigenvalue weighted by molar-refractivity contribution is 7.92. The summed E-state index contributed by atoms with van der Waals surface area (Å²) >= 11 is 0. The lowest BCUT2D eigenvalue weighted by atomic mass is 10.3. The molecule has 118 valence electrons. The van der Waals surface area contributed by atoms with Crippen LogP contribution in [-0.4, -0.2) is 23.2 Å². The summed E-state index contributed by atoms with van der Waals surface area (Å²) in [7, 11) is -4.33. The molecule has 0 saturated heterocycles. The van der Waals surface area contributed by atoms with E-state index in [0.29, 0.717) is 6.07 Å². The van der Waals surface area contributed by atoms with Gasteiger partial charge in [-0.05, 0) is 36.4 Å². The van der Waals surface area contributed by atoms with E-state index < -0.39 is 26.6 Å². The lowest BCUT2D eigenvalue weighted by molar-refractivity contribution is 0.555. The topological polar surface area (TPSA) is 76.9 Å². The third-order valence-corrected chi connectivity index (χ3v) is 4.32. The number of halogens is 2. The lowest BCUT2D eigenvalue weighted by Crippen LogP contribution is -2.17. The summed E-state index contributed by atoms with van der Waals surface area (Å²) in [5.41, 5.74) is 0.0832. The molecular formula is C14H10F2N4O2S. The van der Waals surface area contributed by atoms with Gasteiger partial charge in [0, 0.05) is 18.6 Å². The molecule has 3 aromatic rings. The number of nitrogens with one attached hydrogen (secondary N) is 1. The van der Waals surface area contributed by atoms with E-state index >= 15 is 0 Å². The molecule has 0 aliphatic heterocycles. The highest BCUT2D eigenvalue weighted by Gasteiger charge is 2.22. The molecule has 1 aromatic carbocycles. The Morgan fingerprint density at radius 3 is 2.65 bits per heavy atom. The number of rotatable bonds is 4. The molecule has 2 aromatic heterocycles. The van der Waals surface area contributed by atoms with Crippen molar-refractivity contribution in [3.8, 4) is 5.82 Å². The van der Waals surface area contributed by atoms with Gasteiger partial charge in [0.05, 0.1) is 5.69 Å². The molecule has 23 heavy (non-hydrogen) atoms. The average Bonchev–Trinajstić information content (AvgIpc) is 3.04. The maximum Gasteiger partial charge on any atom is 0.265 e. The van der Waals surface area contributed by atoms with Crippen LogP contribution in [0, 0.1) is 11.6 Å². The van der Waals surface area contributed by atoms with Gasteiger partial charge in [0.15, 0.2) is 5.82 Å². The monoisotopic (exact) mass is 336 g/mol. The lowest BCUT2D eigenvalue weighted by Gasteiger charge is -2.12. The normalized spacial score (nSPS) is 11.4. The first-order chi connectivity index (χ1) is 11.0. The fourth-order valence-electron chi connectivity index (χ4n) is 1.94. The largest absolute Gasteiger partial charge is 0.276 e. The Kier molecular flexibility index (Phi) is 3.78. The van der Waals surface area contributed by atoms with Gasteiger partial charge in [-0.15, -0.1) is 0 Å². The van der Waals surface area contributed by atoms with E-state index in [2.05, 4.69) is 14.8 Å². The summed E-state index contributed by atoms with van der Waals surface area (Å²) in [6.45, 7) is 0. The molecule has 0 bridgehead atoms. The first-order valence-corrected chi connectivity index (χ1v) is 7.88. The van der Waals surface area contributed by atoms with E-state index in [9.17, 15) is 17.2 Å². The minimum atomic E-state index is -4.33. The van der Waals surface area contributed by atoms with E-state index in [-0.39, 0.29) is 11.5 Å². The van der Waals surface area contributed by atoms with Crippen molar-refractivity contribution >= 4 is 15.7 Å². The molecule has 0 spiro atoms. The molecule has 0 unspecified atom stereocenters. The molecule has 3 rings (SSSR count). The SMILES string of the molecule is O=S(=O)(Nc1cccnc1-n1cccn1)c1cc(F)ccc1F. The van der Waals surface area contributed by atoms with Gasteiger partial charge in [0.25, 0.3) is 10.0 Å². The molecule has 0 saturated carbocycles. The van der Waals surface area contributed by atoms with Gasteiger partial charge in [0.1, 0.15) is 16.5 Å². The molecule has 2 heterocycles. The van der Waals surface area contributed by atoms with Crippen LogP contribution in [0.4, 0.5) is 14.5 Å². The van der Waals surface area contributed by atoms with Crippen LogP contribution in [0.3, 0.4) is 0 Å². The second-order valence-corrected chi connectivity index (χ2v) is 6.16. The van der Waals surface area contributed by atoms with Crippen LogP contribution in [-0.2, 0) is 10.0 Å². The molecule has 0 aliphatic carbocycles. The van der Waals surface area contributed by atoms with Crippen molar-refractivity contribution < 1.29 is 17.2 Å². The van der Waals surface area contributed by atoms with Crippen LogP contribution in [0.1, 0.15) is 0 Å². The number of hydrogen-bond acceptors (Lipinski definition) is 4. The average molecular weight is 336 g/mol. The second-order valence-electron chi connectivity index (χ2n) is 4.51. The summed E-state index contributed by atoms with van der Waals surface area (Å²) in [5, 5.41) is 3.97. The molecular weight excluding hydrogens is 326 g/mol. The molecule has 1 N–H and O–H groups in total. The number of pyridine rings is 1. The van der Waals surface area contributed by atoms with E-state index in [1.165, 1.54) is 29.2 Å². The van der Waals surface area contributed by atoms with Crippen molar-refractivity contribution in [1.82, 2.24) is 14.8 Å². The third kappa shape index (κ3) is 3.04. The summed E-state index contributed by atoms with van der Waals surface area (Å²) in [5.74, 6) is -1.70. The third-order valence-electron chi connectivity index (χ3n) is 2.94.